The zero-order valence-corrected chi connectivity index (χ0v) is 14.0. The molecule has 0 radical (unpaired) electrons. The molecule has 1 aromatic heterocycles. The Bertz CT molecular complexity index is 551. The van der Waals surface area contributed by atoms with Crippen LogP contribution in [0, 0.1) is 23.0 Å². The van der Waals surface area contributed by atoms with E-state index >= 15 is 0 Å². The maximum Gasteiger partial charge on any atom is 0.252 e. The van der Waals surface area contributed by atoms with Gasteiger partial charge >= 0.3 is 0 Å². The second-order valence-corrected chi connectivity index (χ2v) is 8.12. The van der Waals surface area contributed by atoms with Gasteiger partial charge in [-0.3, -0.25) is 4.79 Å². The number of carbonyl (C=O) groups excluding carboxylic acids is 1. The van der Waals surface area contributed by atoms with Gasteiger partial charge in [0.15, 0.2) is 6.20 Å². The summed E-state index contributed by atoms with van der Waals surface area (Å²) >= 11 is 1.32. The van der Waals surface area contributed by atoms with Crippen molar-refractivity contribution in [2.45, 2.75) is 55.8 Å². The van der Waals surface area contributed by atoms with Crippen molar-refractivity contribution in [1.82, 2.24) is 5.32 Å². The van der Waals surface area contributed by atoms with Gasteiger partial charge in [0.2, 0.25) is 5.91 Å². The van der Waals surface area contributed by atoms with Crippen molar-refractivity contribution in [1.29, 1.82) is 0 Å². The van der Waals surface area contributed by atoms with Crippen LogP contribution in [0.25, 0.3) is 0 Å². The van der Waals surface area contributed by atoms with Gasteiger partial charge in [-0.15, -0.1) is 0 Å². The zero-order valence-electron chi connectivity index (χ0n) is 13.2. The predicted molar refractivity (Wildman–Crippen MR) is 87.3 cm³/mol. The molecule has 1 amide bonds. The van der Waals surface area contributed by atoms with Gasteiger partial charge in [0.05, 0.1) is 5.25 Å². The Morgan fingerprint density at radius 3 is 2.82 bits per heavy atom. The van der Waals surface area contributed by atoms with Crippen LogP contribution < -0.4 is 10.0 Å². The third-order valence-electron chi connectivity index (χ3n) is 5.26. The Kier molecular flexibility index (Phi) is 4.62. The molecule has 1 aromatic rings. The van der Waals surface area contributed by atoms with Crippen LogP contribution in [0.4, 0.5) is 0 Å². The smallest absolute Gasteiger partial charge is 0.252 e. The molecule has 4 nitrogen and oxygen atoms in total. The van der Waals surface area contributed by atoms with Crippen molar-refractivity contribution in [3.63, 3.8) is 0 Å². The van der Waals surface area contributed by atoms with Crippen molar-refractivity contribution in [2.75, 3.05) is 0 Å². The molecule has 0 aromatic carbocycles. The quantitative estimate of drug-likeness (QED) is 0.515. The third-order valence-corrected chi connectivity index (χ3v) is 6.39. The van der Waals surface area contributed by atoms with Crippen LogP contribution in [-0.2, 0) is 4.79 Å². The average Bonchev–Trinajstić information content (AvgIpc) is 3.12. The fourth-order valence-corrected chi connectivity index (χ4v) is 4.95. The van der Waals surface area contributed by atoms with Gasteiger partial charge < -0.3 is 10.5 Å². The average molecular weight is 320 g/mol. The molecule has 1 heterocycles. The number of nitrogens with zero attached hydrogens (tertiary/aromatic N) is 1. The van der Waals surface area contributed by atoms with E-state index in [0.29, 0.717) is 10.9 Å². The summed E-state index contributed by atoms with van der Waals surface area (Å²) in [5, 5.41) is 15.1. The van der Waals surface area contributed by atoms with E-state index in [1.54, 1.807) is 12.1 Å². The molecule has 22 heavy (non-hydrogen) atoms. The van der Waals surface area contributed by atoms with E-state index in [-0.39, 0.29) is 17.2 Å². The highest BCUT2D eigenvalue weighted by atomic mass is 32.2. The zero-order chi connectivity index (χ0) is 15.7. The number of aromatic nitrogens is 1. The minimum absolute atomic E-state index is 0.0316. The van der Waals surface area contributed by atoms with Crippen LogP contribution in [0.1, 0.15) is 39.5 Å². The van der Waals surface area contributed by atoms with Gasteiger partial charge in [0.1, 0.15) is 0 Å². The van der Waals surface area contributed by atoms with Crippen molar-refractivity contribution >= 4 is 17.7 Å². The minimum Gasteiger partial charge on any atom is -0.618 e. The molecular formula is C17H24N2O2S. The number of pyridine rings is 1. The Balaban J connectivity index is 1.54. The number of rotatable bonds is 5. The summed E-state index contributed by atoms with van der Waals surface area (Å²) in [6.45, 7) is 4.00. The van der Waals surface area contributed by atoms with E-state index in [0.717, 1.165) is 16.6 Å². The molecule has 2 fully saturated rings. The molecule has 5 heteroatoms. The summed E-state index contributed by atoms with van der Waals surface area (Å²) in [7, 11) is 0. The molecule has 3 rings (SSSR count). The second kappa shape index (κ2) is 6.49. The van der Waals surface area contributed by atoms with Crippen molar-refractivity contribution in [3.05, 3.63) is 29.6 Å². The van der Waals surface area contributed by atoms with Crippen molar-refractivity contribution in [3.8, 4) is 0 Å². The lowest BCUT2D eigenvalue weighted by Gasteiger charge is -2.29. The largest absolute Gasteiger partial charge is 0.618 e. The van der Waals surface area contributed by atoms with Crippen molar-refractivity contribution < 1.29 is 9.52 Å². The van der Waals surface area contributed by atoms with E-state index < -0.39 is 0 Å². The first-order valence-corrected chi connectivity index (χ1v) is 9.07. The number of amides is 1. The molecular weight excluding hydrogens is 296 g/mol. The molecule has 5 atom stereocenters. The molecule has 120 valence electrons. The molecule has 2 bridgehead atoms. The van der Waals surface area contributed by atoms with Crippen LogP contribution in [0.15, 0.2) is 29.4 Å². The van der Waals surface area contributed by atoms with Crippen LogP contribution >= 0.6 is 11.8 Å². The SMILES string of the molecule is C[C@H](Sc1cccc[n+]1[O-])C(=O)N[C@H](C)[C@H]1C[C@H]2CC[C@H]1C2. The van der Waals surface area contributed by atoms with Gasteiger partial charge in [0.25, 0.3) is 5.03 Å². The maximum atomic E-state index is 12.4. The number of hydrogen-bond acceptors (Lipinski definition) is 3. The van der Waals surface area contributed by atoms with E-state index in [4.69, 9.17) is 0 Å². The first-order chi connectivity index (χ1) is 10.5. The molecule has 0 spiro atoms. The second-order valence-electron chi connectivity index (χ2n) is 6.76. The summed E-state index contributed by atoms with van der Waals surface area (Å²) < 4.78 is 0.813. The molecule has 2 saturated carbocycles. The van der Waals surface area contributed by atoms with Gasteiger partial charge in [-0.1, -0.05) is 6.42 Å². The van der Waals surface area contributed by atoms with Gasteiger partial charge in [-0.2, -0.15) is 4.73 Å². The maximum absolute atomic E-state index is 12.4. The van der Waals surface area contributed by atoms with Gasteiger partial charge in [-0.05, 0) is 68.7 Å². The first-order valence-electron chi connectivity index (χ1n) is 8.20. The lowest BCUT2D eigenvalue weighted by Crippen LogP contribution is -2.43. The standard InChI is InChI=1S/C17H24N2O2S/c1-11(15-10-13-6-7-14(15)9-13)18-17(20)12(2)22-16-5-3-4-8-19(16)21/h3-5,8,11-15H,6-7,9-10H2,1-2H3,(H,18,20)/t11-,12+,13+,14+,15-/m1/s1. The molecule has 0 aliphatic heterocycles. The van der Waals surface area contributed by atoms with E-state index in [2.05, 4.69) is 12.2 Å². The predicted octanol–water partition coefficient (Wildman–Crippen LogP) is 2.74. The van der Waals surface area contributed by atoms with Gasteiger partial charge in [0, 0.05) is 18.2 Å². The lowest BCUT2D eigenvalue weighted by atomic mass is 9.84. The monoisotopic (exact) mass is 320 g/mol. The fourth-order valence-electron chi connectivity index (χ4n) is 4.09. The number of carbonyl (C=O) groups is 1. The first kappa shape index (κ1) is 15.7. The van der Waals surface area contributed by atoms with Gasteiger partial charge in [-0.25, -0.2) is 0 Å². The normalized spacial score (nSPS) is 29.3. The minimum atomic E-state index is -0.261. The fraction of sp³-hybridized carbons (Fsp3) is 0.647. The highest BCUT2D eigenvalue weighted by Crippen LogP contribution is 2.49. The summed E-state index contributed by atoms with van der Waals surface area (Å²) in [5.41, 5.74) is 0. The summed E-state index contributed by atoms with van der Waals surface area (Å²) in [5.74, 6) is 2.37. The molecule has 2 aliphatic carbocycles. The van der Waals surface area contributed by atoms with Crippen LogP contribution in [0.2, 0.25) is 0 Å². The summed E-state index contributed by atoms with van der Waals surface area (Å²) in [6, 6.07) is 5.50. The van der Waals surface area contributed by atoms with Crippen LogP contribution in [0.3, 0.4) is 0 Å². The number of hydrogen-bond donors (Lipinski definition) is 1. The number of fused-ring (bicyclic) bond motifs is 2. The molecule has 2 aliphatic rings. The third kappa shape index (κ3) is 3.24. The summed E-state index contributed by atoms with van der Waals surface area (Å²) in [6.07, 6.45) is 6.80. The summed E-state index contributed by atoms with van der Waals surface area (Å²) in [4.78, 5) is 12.4. The highest BCUT2D eigenvalue weighted by molar-refractivity contribution is 8.00. The van der Waals surface area contributed by atoms with E-state index in [9.17, 15) is 10.0 Å². The number of nitrogens with one attached hydrogen (secondary N) is 1. The Labute approximate surface area is 136 Å². The van der Waals surface area contributed by atoms with Crippen LogP contribution in [-0.4, -0.2) is 17.2 Å². The molecule has 1 N–H and O–H groups in total. The Hall–Kier alpha value is -1.23. The Morgan fingerprint density at radius 2 is 2.18 bits per heavy atom. The highest BCUT2D eigenvalue weighted by Gasteiger charge is 2.42. The van der Waals surface area contributed by atoms with Crippen LogP contribution in [0.5, 0.6) is 0 Å². The Morgan fingerprint density at radius 1 is 1.36 bits per heavy atom. The molecule has 0 unspecified atom stereocenters. The van der Waals surface area contributed by atoms with E-state index in [1.807, 2.05) is 13.0 Å². The molecule has 0 saturated heterocycles. The lowest BCUT2D eigenvalue weighted by molar-refractivity contribution is -0.645. The topological polar surface area (TPSA) is 56.0 Å². The van der Waals surface area contributed by atoms with Crippen molar-refractivity contribution in [2.24, 2.45) is 17.8 Å². The number of thioether (sulfide) groups is 1. The van der Waals surface area contributed by atoms with E-state index in [1.165, 1.54) is 43.6 Å².